The normalized spacial score (nSPS) is 12.1. The molecule has 1 atom stereocenters. The van der Waals surface area contributed by atoms with E-state index in [9.17, 15) is 13.2 Å². The predicted molar refractivity (Wildman–Crippen MR) is 120 cm³/mol. The highest BCUT2D eigenvalue weighted by molar-refractivity contribution is 7.92. The van der Waals surface area contributed by atoms with E-state index in [0.717, 1.165) is 21.9 Å². The van der Waals surface area contributed by atoms with Crippen LogP contribution in [0, 0.1) is 0 Å². The molecule has 1 unspecified atom stereocenters. The molecule has 1 amide bonds. The van der Waals surface area contributed by atoms with Gasteiger partial charge in [0.25, 0.3) is 5.91 Å². The first-order valence-electron chi connectivity index (χ1n) is 9.17. The molecule has 3 rings (SSSR count). The SMILES string of the molecule is COc1ccc(-c2nnc(NC(=O)C(C)Oc3ccc(N(C)S(C)(=O)=O)cc3)s2)cc1. The molecule has 11 heteroatoms. The lowest BCUT2D eigenvalue weighted by Gasteiger charge is -2.18. The number of benzene rings is 2. The van der Waals surface area contributed by atoms with Crippen LogP contribution in [0.15, 0.2) is 48.5 Å². The van der Waals surface area contributed by atoms with Gasteiger partial charge in [0.15, 0.2) is 6.10 Å². The minimum atomic E-state index is -3.35. The Kier molecular flexibility index (Phi) is 6.76. The van der Waals surface area contributed by atoms with Crippen molar-refractivity contribution in [2.45, 2.75) is 13.0 Å². The minimum absolute atomic E-state index is 0.358. The molecule has 164 valence electrons. The van der Waals surface area contributed by atoms with Crippen LogP contribution in [0.5, 0.6) is 11.5 Å². The van der Waals surface area contributed by atoms with Crippen molar-refractivity contribution in [3.05, 3.63) is 48.5 Å². The molecule has 0 bridgehead atoms. The topological polar surface area (TPSA) is 111 Å². The van der Waals surface area contributed by atoms with Crippen LogP contribution in [0.2, 0.25) is 0 Å². The molecule has 0 saturated heterocycles. The lowest BCUT2D eigenvalue weighted by molar-refractivity contribution is -0.122. The highest BCUT2D eigenvalue weighted by Crippen LogP contribution is 2.28. The van der Waals surface area contributed by atoms with Crippen molar-refractivity contribution < 1.29 is 22.7 Å². The zero-order valence-electron chi connectivity index (χ0n) is 17.4. The maximum absolute atomic E-state index is 12.5. The van der Waals surface area contributed by atoms with Gasteiger partial charge < -0.3 is 9.47 Å². The highest BCUT2D eigenvalue weighted by atomic mass is 32.2. The summed E-state index contributed by atoms with van der Waals surface area (Å²) in [7, 11) is -0.293. The van der Waals surface area contributed by atoms with Gasteiger partial charge in [0, 0.05) is 12.6 Å². The monoisotopic (exact) mass is 462 g/mol. The summed E-state index contributed by atoms with van der Waals surface area (Å²) in [5.41, 5.74) is 1.36. The van der Waals surface area contributed by atoms with Gasteiger partial charge in [-0.15, -0.1) is 10.2 Å². The Morgan fingerprint density at radius 1 is 1.06 bits per heavy atom. The Hall–Kier alpha value is -3.18. The number of hydrogen-bond donors (Lipinski definition) is 1. The molecule has 2 aromatic carbocycles. The average molecular weight is 463 g/mol. The van der Waals surface area contributed by atoms with Crippen molar-refractivity contribution in [1.29, 1.82) is 0 Å². The van der Waals surface area contributed by atoms with Crippen LogP contribution in [-0.4, -0.2) is 51.0 Å². The fraction of sp³-hybridized carbons (Fsp3) is 0.250. The van der Waals surface area contributed by atoms with E-state index in [-0.39, 0.29) is 5.91 Å². The zero-order valence-corrected chi connectivity index (χ0v) is 19.0. The lowest BCUT2D eigenvalue weighted by atomic mass is 10.2. The van der Waals surface area contributed by atoms with Crippen LogP contribution >= 0.6 is 11.3 Å². The third kappa shape index (κ3) is 5.70. The molecule has 1 N–H and O–H groups in total. The minimum Gasteiger partial charge on any atom is -0.497 e. The fourth-order valence-electron chi connectivity index (χ4n) is 2.51. The number of anilines is 2. The Labute approximate surface area is 184 Å². The second kappa shape index (κ2) is 9.31. The summed E-state index contributed by atoms with van der Waals surface area (Å²) in [5.74, 6) is 0.794. The molecular weight excluding hydrogens is 440 g/mol. The van der Waals surface area contributed by atoms with E-state index >= 15 is 0 Å². The van der Waals surface area contributed by atoms with Crippen molar-refractivity contribution >= 4 is 38.1 Å². The van der Waals surface area contributed by atoms with Gasteiger partial charge in [0.2, 0.25) is 15.2 Å². The molecular formula is C20H22N4O5S2. The van der Waals surface area contributed by atoms with Crippen LogP contribution in [0.25, 0.3) is 10.6 Å². The highest BCUT2D eigenvalue weighted by Gasteiger charge is 2.18. The predicted octanol–water partition coefficient (Wildman–Crippen LogP) is 3.02. The number of nitrogens with zero attached hydrogens (tertiary/aromatic N) is 3. The van der Waals surface area contributed by atoms with Crippen molar-refractivity contribution in [1.82, 2.24) is 10.2 Å². The molecule has 31 heavy (non-hydrogen) atoms. The van der Waals surface area contributed by atoms with Crippen LogP contribution in [0.4, 0.5) is 10.8 Å². The van der Waals surface area contributed by atoms with E-state index in [2.05, 4.69) is 15.5 Å². The van der Waals surface area contributed by atoms with Crippen molar-refractivity contribution in [3.63, 3.8) is 0 Å². The number of carbonyl (C=O) groups is 1. The molecule has 1 aromatic heterocycles. The van der Waals surface area contributed by atoms with Gasteiger partial charge in [0.1, 0.15) is 16.5 Å². The van der Waals surface area contributed by atoms with E-state index in [1.807, 2.05) is 24.3 Å². The smallest absolute Gasteiger partial charge is 0.266 e. The molecule has 9 nitrogen and oxygen atoms in total. The largest absolute Gasteiger partial charge is 0.497 e. The second-order valence-corrected chi connectivity index (χ2v) is 9.61. The number of amides is 1. The number of ether oxygens (including phenoxy) is 2. The molecule has 0 radical (unpaired) electrons. The van der Waals surface area contributed by atoms with Gasteiger partial charge in [-0.1, -0.05) is 11.3 Å². The Balaban J connectivity index is 1.60. The van der Waals surface area contributed by atoms with Gasteiger partial charge in [-0.2, -0.15) is 0 Å². The summed E-state index contributed by atoms with van der Waals surface area (Å²) in [6, 6.07) is 13.8. The number of sulfonamides is 1. The van der Waals surface area contributed by atoms with E-state index in [4.69, 9.17) is 9.47 Å². The number of hydrogen-bond acceptors (Lipinski definition) is 8. The van der Waals surface area contributed by atoms with E-state index in [1.54, 1.807) is 38.3 Å². The standard InChI is InChI=1S/C20H22N4O5S2/c1-13(29-17-11-7-15(8-12-17)24(2)31(4,26)27)18(25)21-20-23-22-19(30-20)14-5-9-16(28-3)10-6-14/h5-13H,1-4H3,(H,21,23,25). The molecule has 0 aliphatic heterocycles. The molecule has 0 aliphatic carbocycles. The van der Waals surface area contributed by atoms with Crippen LogP contribution in [0.1, 0.15) is 6.92 Å². The molecule has 0 saturated carbocycles. The van der Waals surface area contributed by atoms with Gasteiger partial charge in [-0.05, 0) is 55.5 Å². The first-order valence-corrected chi connectivity index (χ1v) is 11.8. The Morgan fingerprint density at radius 2 is 1.68 bits per heavy atom. The summed E-state index contributed by atoms with van der Waals surface area (Å²) >= 11 is 1.25. The molecule has 0 fully saturated rings. The first kappa shape index (κ1) is 22.5. The number of rotatable bonds is 8. The lowest BCUT2D eigenvalue weighted by Crippen LogP contribution is -2.30. The molecule has 1 heterocycles. The third-order valence-corrected chi connectivity index (χ3v) is 6.47. The Morgan fingerprint density at radius 3 is 2.26 bits per heavy atom. The Bertz CT molecular complexity index is 1150. The zero-order chi connectivity index (χ0) is 22.6. The molecule has 0 spiro atoms. The van der Waals surface area contributed by atoms with E-state index in [0.29, 0.717) is 21.6 Å². The van der Waals surface area contributed by atoms with Gasteiger partial charge >= 0.3 is 0 Å². The summed E-state index contributed by atoms with van der Waals surface area (Å²) < 4.78 is 35.2. The number of aromatic nitrogens is 2. The maximum atomic E-state index is 12.5. The van der Waals surface area contributed by atoms with Crippen molar-refractivity contribution in [2.24, 2.45) is 0 Å². The first-order chi connectivity index (χ1) is 14.7. The van der Waals surface area contributed by atoms with Gasteiger partial charge in [-0.25, -0.2) is 8.42 Å². The van der Waals surface area contributed by atoms with Crippen molar-refractivity contribution in [2.75, 3.05) is 30.0 Å². The maximum Gasteiger partial charge on any atom is 0.266 e. The van der Waals surface area contributed by atoms with E-state index in [1.165, 1.54) is 18.4 Å². The van der Waals surface area contributed by atoms with Crippen molar-refractivity contribution in [3.8, 4) is 22.1 Å². The molecule has 3 aromatic rings. The van der Waals surface area contributed by atoms with E-state index < -0.39 is 16.1 Å². The van der Waals surface area contributed by atoms with Gasteiger partial charge in [-0.3, -0.25) is 14.4 Å². The number of carbonyl (C=O) groups excluding carboxylic acids is 1. The van der Waals surface area contributed by atoms with Gasteiger partial charge in [0.05, 0.1) is 19.1 Å². The summed E-state index contributed by atoms with van der Waals surface area (Å²) in [6.45, 7) is 1.61. The second-order valence-electron chi connectivity index (χ2n) is 6.61. The van der Waals surface area contributed by atoms with Crippen LogP contribution in [0.3, 0.4) is 0 Å². The molecule has 0 aliphatic rings. The summed E-state index contributed by atoms with van der Waals surface area (Å²) in [5, 5.41) is 11.8. The fourth-order valence-corrected chi connectivity index (χ4v) is 3.77. The number of methoxy groups -OCH3 is 1. The summed E-state index contributed by atoms with van der Waals surface area (Å²) in [4.78, 5) is 12.5. The average Bonchev–Trinajstić information content (AvgIpc) is 3.21. The quantitative estimate of drug-likeness (QED) is 0.548. The van der Waals surface area contributed by atoms with Crippen LogP contribution < -0.4 is 19.1 Å². The summed E-state index contributed by atoms with van der Waals surface area (Å²) in [6.07, 6.45) is 0.323. The van der Waals surface area contributed by atoms with Crippen LogP contribution in [-0.2, 0) is 14.8 Å². The third-order valence-electron chi connectivity index (χ3n) is 4.37. The number of nitrogens with one attached hydrogen (secondary N) is 1.